The van der Waals surface area contributed by atoms with E-state index < -0.39 is 0 Å². The molecule has 0 amide bonds. The minimum Gasteiger partial charge on any atom is -0.380 e. The Hall–Kier alpha value is -3.73. The summed E-state index contributed by atoms with van der Waals surface area (Å²) >= 11 is 3.16. The molecule has 0 radical (unpaired) electrons. The van der Waals surface area contributed by atoms with Gasteiger partial charge in [-0.05, 0) is 54.0 Å². The number of hydrogen-bond acceptors (Lipinski definition) is 7. The highest BCUT2D eigenvalue weighted by Crippen LogP contribution is 2.29. The smallest absolute Gasteiger partial charge is 0.123 e. The van der Waals surface area contributed by atoms with E-state index in [1.165, 1.54) is 11.9 Å². The molecule has 0 unspecified atom stereocenters. The van der Waals surface area contributed by atoms with Crippen molar-refractivity contribution in [3.63, 3.8) is 0 Å². The Morgan fingerprint density at radius 3 is 2.74 bits per heavy atom. The van der Waals surface area contributed by atoms with Crippen LogP contribution >= 0.6 is 23.3 Å². The molecule has 1 aromatic heterocycles. The van der Waals surface area contributed by atoms with E-state index in [-0.39, 0.29) is 0 Å². The van der Waals surface area contributed by atoms with Gasteiger partial charge in [0, 0.05) is 34.3 Å². The number of aromatic nitrogens is 1. The molecule has 3 aromatic rings. The summed E-state index contributed by atoms with van der Waals surface area (Å²) < 4.78 is 3.28. The van der Waals surface area contributed by atoms with E-state index in [0.717, 1.165) is 54.9 Å². The summed E-state index contributed by atoms with van der Waals surface area (Å²) in [4.78, 5) is 5.64. The molecule has 0 saturated carbocycles. The first kappa shape index (κ1) is 23.4. The molecular formula is C27H25N5S2. The summed E-state index contributed by atoms with van der Waals surface area (Å²) in [5, 5.41) is 16.8. The molecule has 0 bridgehead atoms. The van der Waals surface area contributed by atoms with Gasteiger partial charge in [-0.2, -0.15) is 5.26 Å². The lowest BCUT2D eigenvalue weighted by molar-refractivity contribution is 0.906. The highest BCUT2D eigenvalue weighted by Gasteiger charge is 2.12. The van der Waals surface area contributed by atoms with Gasteiger partial charge in [0.1, 0.15) is 5.01 Å². The van der Waals surface area contributed by atoms with Crippen LogP contribution in [0.5, 0.6) is 0 Å². The van der Waals surface area contributed by atoms with Crippen molar-refractivity contribution < 1.29 is 0 Å². The highest BCUT2D eigenvalue weighted by atomic mass is 32.2. The van der Waals surface area contributed by atoms with Crippen LogP contribution < -0.4 is 15.4 Å². The maximum atomic E-state index is 8.97. The van der Waals surface area contributed by atoms with Gasteiger partial charge in [0.15, 0.2) is 0 Å². The summed E-state index contributed by atoms with van der Waals surface area (Å²) in [6.07, 6.45) is 8.11. The Kier molecular flexibility index (Phi) is 7.21. The molecule has 2 heterocycles. The van der Waals surface area contributed by atoms with Gasteiger partial charge in [0.2, 0.25) is 0 Å². The lowest BCUT2D eigenvalue weighted by atomic mass is 10.0. The second kappa shape index (κ2) is 10.5. The van der Waals surface area contributed by atoms with Crippen LogP contribution in [0, 0.1) is 11.3 Å². The lowest BCUT2D eigenvalue weighted by Crippen LogP contribution is -2.14. The fraction of sp³-hybridized carbons (Fsp3) is 0.111. The first-order chi connectivity index (χ1) is 16.5. The molecule has 0 fully saturated rings. The zero-order valence-electron chi connectivity index (χ0n) is 19.1. The average Bonchev–Trinajstić information content (AvgIpc) is 3.31. The number of thiazole rings is 1. The molecule has 1 aliphatic rings. The SMILES string of the molecule is C=C1Nc2cc(C(=C)NCc3cnc(-c4ccc(C#N)cc4)s3)ccc2/C=C(C)\C=C\1NSC. The van der Waals surface area contributed by atoms with Crippen LogP contribution in [0.25, 0.3) is 22.3 Å². The topological polar surface area (TPSA) is 72.8 Å². The number of rotatable bonds is 7. The minimum atomic E-state index is 0.632. The average molecular weight is 484 g/mol. The van der Waals surface area contributed by atoms with E-state index in [2.05, 4.69) is 76.8 Å². The van der Waals surface area contributed by atoms with Crippen molar-refractivity contribution >= 4 is 40.7 Å². The van der Waals surface area contributed by atoms with Crippen molar-refractivity contribution in [2.45, 2.75) is 13.5 Å². The van der Waals surface area contributed by atoms with E-state index in [4.69, 9.17) is 5.26 Å². The molecule has 34 heavy (non-hydrogen) atoms. The molecular weight excluding hydrogens is 458 g/mol. The zero-order valence-corrected chi connectivity index (χ0v) is 20.7. The number of nitrogens with one attached hydrogen (secondary N) is 3. The highest BCUT2D eigenvalue weighted by molar-refractivity contribution is 7.96. The predicted molar refractivity (Wildman–Crippen MR) is 146 cm³/mol. The number of benzene rings is 2. The van der Waals surface area contributed by atoms with E-state index >= 15 is 0 Å². The van der Waals surface area contributed by atoms with Gasteiger partial charge in [0.25, 0.3) is 0 Å². The second-order valence-corrected chi connectivity index (χ2v) is 9.54. The zero-order chi connectivity index (χ0) is 24.1. The van der Waals surface area contributed by atoms with Crippen LogP contribution in [-0.4, -0.2) is 11.2 Å². The number of nitriles is 1. The van der Waals surface area contributed by atoms with Gasteiger partial charge in [-0.3, -0.25) is 0 Å². The standard InChI is InChI=1S/C27H25N5S2/c1-17-11-23-10-9-22(13-26(23)31-19(3)25(12-17)32-33-4)18(2)29-15-24-16-30-27(34-24)21-7-5-20(14-28)6-8-21/h5-13,16,29,31-32H,2-3,15H2,1,4H3/b17-11-,25-12-. The Labute approximate surface area is 208 Å². The number of fused-ring (bicyclic) bond motifs is 1. The number of anilines is 1. The molecule has 0 aliphatic carbocycles. The molecule has 3 N–H and O–H groups in total. The van der Waals surface area contributed by atoms with Crippen molar-refractivity contribution in [1.82, 2.24) is 15.0 Å². The number of nitrogens with zero attached hydrogens (tertiary/aromatic N) is 2. The first-order valence-corrected chi connectivity index (χ1v) is 12.7. The largest absolute Gasteiger partial charge is 0.380 e. The molecule has 170 valence electrons. The molecule has 0 saturated heterocycles. The Bertz CT molecular complexity index is 1340. The molecule has 2 aromatic carbocycles. The Morgan fingerprint density at radius 1 is 1.21 bits per heavy atom. The third-order valence-corrected chi connectivity index (χ3v) is 6.74. The summed E-state index contributed by atoms with van der Waals surface area (Å²) in [5.74, 6) is 0. The molecule has 7 heteroatoms. The van der Waals surface area contributed by atoms with Gasteiger partial charge >= 0.3 is 0 Å². The van der Waals surface area contributed by atoms with Crippen LogP contribution in [0.2, 0.25) is 0 Å². The van der Waals surface area contributed by atoms with E-state index in [1.54, 1.807) is 11.3 Å². The van der Waals surface area contributed by atoms with Gasteiger partial charge < -0.3 is 15.4 Å². The van der Waals surface area contributed by atoms with Crippen LogP contribution in [0.4, 0.5) is 5.69 Å². The van der Waals surface area contributed by atoms with Crippen molar-refractivity contribution in [1.29, 1.82) is 5.26 Å². The van der Waals surface area contributed by atoms with Crippen molar-refractivity contribution in [3.05, 3.63) is 106 Å². The molecule has 4 rings (SSSR count). The summed E-state index contributed by atoms with van der Waals surface area (Å²) in [6.45, 7) is 11.2. The maximum Gasteiger partial charge on any atom is 0.123 e. The summed E-state index contributed by atoms with van der Waals surface area (Å²) in [6, 6.07) is 15.9. The van der Waals surface area contributed by atoms with Crippen LogP contribution in [0.1, 0.15) is 28.5 Å². The second-order valence-electron chi connectivity index (χ2n) is 7.81. The normalized spacial score (nSPS) is 15.9. The number of allylic oxidation sites excluding steroid dienone is 2. The first-order valence-electron chi connectivity index (χ1n) is 10.6. The van der Waals surface area contributed by atoms with E-state index in [9.17, 15) is 0 Å². The molecule has 0 atom stereocenters. The molecule has 5 nitrogen and oxygen atoms in total. The number of hydrogen-bond donors (Lipinski definition) is 3. The van der Waals surface area contributed by atoms with Crippen molar-refractivity contribution in [2.75, 3.05) is 11.6 Å². The van der Waals surface area contributed by atoms with Gasteiger partial charge in [-0.25, -0.2) is 4.98 Å². The Balaban J connectivity index is 1.45. The summed E-state index contributed by atoms with van der Waals surface area (Å²) in [7, 11) is 0. The Morgan fingerprint density at radius 2 is 2.00 bits per heavy atom. The monoisotopic (exact) mass is 483 g/mol. The van der Waals surface area contributed by atoms with Crippen LogP contribution in [0.3, 0.4) is 0 Å². The maximum absolute atomic E-state index is 8.97. The van der Waals surface area contributed by atoms with Gasteiger partial charge in [-0.15, -0.1) is 11.3 Å². The van der Waals surface area contributed by atoms with Crippen LogP contribution in [0.15, 0.2) is 84.9 Å². The quantitative estimate of drug-likeness (QED) is 0.332. The molecule has 1 aliphatic heterocycles. The van der Waals surface area contributed by atoms with Gasteiger partial charge in [-0.1, -0.05) is 49.4 Å². The van der Waals surface area contributed by atoms with E-state index in [1.807, 2.05) is 36.7 Å². The third kappa shape index (κ3) is 5.42. The third-order valence-electron chi connectivity index (χ3n) is 5.27. The van der Waals surface area contributed by atoms with Gasteiger partial charge in [0.05, 0.1) is 29.6 Å². The van der Waals surface area contributed by atoms with E-state index in [0.29, 0.717) is 12.1 Å². The predicted octanol–water partition coefficient (Wildman–Crippen LogP) is 6.54. The lowest BCUT2D eigenvalue weighted by Gasteiger charge is -2.20. The fourth-order valence-electron chi connectivity index (χ4n) is 3.52. The minimum absolute atomic E-state index is 0.632. The van der Waals surface area contributed by atoms with Crippen molar-refractivity contribution in [3.8, 4) is 16.6 Å². The van der Waals surface area contributed by atoms with Crippen LogP contribution in [-0.2, 0) is 6.54 Å². The summed E-state index contributed by atoms with van der Waals surface area (Å²) in [5.41, 5.74) is 8.50. The van der Waals surface area contributed by atoms with Crippen molar-refractivity contribution in [2.24, 2.45) is 0 Å². The fourth-order valence-corrected chi connectivity index (χ4v) is 4.78. The molecule has 0 spiro atoms.